The molecule has 2 N–H and O–H groups in total. The van der Waals surface area contributed by atoms with Crippen LogP contribution in [0.15, 0.2) is 51.7 Å². The van der Waals surface area contributed by atoms with E-state index in [0.717, 1.165) is 24.6 Å². The fourth-order valence-electron chi connectivity index (χ4n) is 6.57. The summed E-state index contributed by atoms with van der Waals surface area (Å²) in [5.74, 6) is -0.525. The second kappa shape index (κ2) is 12.9. The lowest BCUT2D eigenvalue weighted by molar-refractivity contribution is -0.137. The van der Waals surface area contributed by atoms with E-state index in [0.29, 0.717) is 42.0 Å². The number of anilines is 2. The summed E-state index contributed by atoms with van der Waals surface area (Å²) in [6.07, 6.45) is -3.60. The predicted molar refractivity (Wildman–Crippen MR) is 186 cm³/mol. The number of oxazole rings is 1. The molecule has 2 unspecified atom stereocenters. The molecule has 1 saturated heterocycles. The lowest BCUT2D eigenvalue weighted by Crippen LogP contribution is -2.67. The van der Waals surface area contributed by atoms with Crippen LogP contribution in [0.3, 0.4) is 0 Å². The third-order valence-electron chi connectivity index (χ3n) is 9.24. The summed E-state index contributed by atoms with van der Waals surface area (Å²) in [4.78, 5) is 49.2. The van der Waals surface area contributed by atoms with Gasteiger partial charge in [0.05, 0.1) is 27.9 Å². The van der Waals surface area contributed by atoms with Gasteiger partial charge in [-0.15, -0.1) is 0 Å². The van der Waals surface area contributed by atoms with Gasteiger partial charge in [-0.2, -0.15) is 18.2 Å². The van der Waals surface area contributed by atoms with E-state index < -0.39 is 40.4 Å². The third-order valence-corrected chi connectivity index (χ3v) is 9.56. The van der Waals surface area contributed by atoms with Crippen LogP contribution in [0.4, 0.5) is 29.3 Å². The molecule has 1 aliphatic heterocycles. The van der Waals surface area contributed by atoms with Gasteiger partial charge < -0.3 is 33.9 Å². The fourth-order valence-corrected chi connectivity index (χ4v) is 6.80. The second-order valence-electron chi connectivity index (χ2n) is 14.5. The number of fused-ring (bicyclic) bond motifs is 2. The molecule has 6 rings (SSSR count). The van der Waals surface area contributed by atoms with Gasteiger partial charge in [-0.3, -0.25) is 9.59 Å². The van der Waals surface area contributed by atoms with Gasteiger partial charge in [-0.25, -0.2) is 4.79 Å². The maximum Gasteiger partial charge on any atom is 0.416 e. The van der Waals surface area contributed by atoms with E-state index >= 15 is 0 Å². The summed E-state index contributed by atoms with van der Waals surface area (Å²) in [6, 6.07) is 9.09. The molecule has 2 amide bonds. The van der Waals surface area contributed by atoms with E-state index in [1.165, 1.54) is 4.57 Å². The zero-order valence-corrected chi connectivity index (χ0v) is 29.8. The molecule has 2 fully saturated rings. The average molecular weight is 730 g/mol. The van der Waals surface area contributed by atoms with Crippen LogP contribution in [-0.4, -0.2) is 62.3 Å². The highest BCUT2D eigenvalue weighted by Gasteiger charge is 2.47. The number of ether oxygens (including phenoxy) is 1. The zero-order chi connectivity index (χ0) is 37.2. The van der Waals surface area contributed by atoms with Gasteiger partial charge in [-0.1, -0.05) is 23.7 Å². The number of rotatable bonds is 6. The molecule has 0 spiro atoms. The van der Waals surface area contributed by atoms with Crippen molar-refractivity contribution in [1.29, 1.82) is 0 Å². The molecule has 15 heteroatoms. The van der Waals surface area contributed by atoms with Crippen molar-refractivity contribution < 1.29 is 37.0 Å². The molecule has 1 aliphatic carbocycles. The zero-order valence-electron chi connectivity index (χ0n) is 29.0. The quantitative estimate of drug-likeness (QED) is 0.215. The molecule has 2 aliphatic rings. The number of hydrogen-bond acceptors (Lipinski definition) is 8. The van der Waals surface area contributed by atoms with Crippen molar-refractivity contribution in [2.45, 2.75) is 90.4 Å². The summed E-state index contributed by atoms with van der Waals surface area (Å²) in [5, 5.41) is 12.7. The van der Waals surface area contributed by atoms with Crippen molar-refractivity contribution in [3.8, 4) is 11.5 Å². The van der Waals surface area contributed by atoms with Crippen LogP contribution in [-0.2, 0) is 27.9 Å². The maximum atomic E-state index is 14.3. The van der Waals surface area contributed by atoms with Gasteiger partial charge in [0.25, 0.3) is 0 Å². The molecule has 272 valence electrons. The number of carbonyl (C=O) groups is 2. The van der Waals surface area contributed by atoms with Gasteiger partial charge in [0.2, 0.25) is 22.8 Å². The number of carbonyl (C=O) groups excluding carboxylic acids is 2. The Morgan fingerprint density at radius 3 is 2.24 bits per heavy atom. The Morgan fingerprint density at radius 1 is 1.02 bits per heavy atom. The molecule has 3 heterocycles. The van der Waals surface area contributed by atoms with Crippen LogP contribution in [0.25, 0.3) is 22.7 Å². The van der Waals surface area contributed by atoms with Crippen LogP contribution >= 0.6 is 11.6 Å². The van der Waals surface area contributed by atoms with Crippen molar-refractivity contribution in [2.75, 3.05) is 23.3 Å². The molecule has 0 radical (unpaired) electrons. The third kappa shape index (κ3) is 7.16. The van der Waals surface area contributed by atoms with Crippen LogP contribution in [0.1, 0.15) is 64.3 Å². The van der Waals surface area contributed by atoms with Crippen LogP contribution in [0.2, 0.25) is 5.02 Å². The van der Waals surface area contributed by atoms with E-state index in [-0.39, 0.29) is 46.5 Å². The van der Waals surface area contributed by atoms with Crippen molar-refractivity contribution in [3.63, 3.8) is 0 Å². The van der Waals surface area contributed by atoms with E-state index in [9.17, 15) is 32.7 Å². The van der Waals surface area contributed by atoms with Crippen molar-refractivity contribution in [3.05, 3.63) is 74.5 Å². The van der Waals surface area contributed by atoms with Gasteiger partial charge in [0.15, 0.2) is 5.65 Å². The highest BCUT2D eigenvalue weighted by Crippen LogP contribution is 2.39. The van der Waals surface area contributed by atoms with Crippen molar-refractivity contribution in [2.24, 2.45) is 0 Å². The van der Waals surface area contributed by atoms with E-state index in [2.05, 4.69) is 10.3 Å². The SMILES string of the molecule is Cc1c(N2CCN(C(=O)OC(C)(C)C)C3CCC32)c(=O)c2oc(-c3ccc(C(C)(C)O)cc3)nc2n1CC(=O)Nc1ccc(C(F)(F)F)cc1Cl. The highest BCUT2D eigenvalue weighted by atomic mass is 35.5. The number of piperazine rings is 1. The molecule has 2 aromatic carbocycles. The fraction of sp³-hybridized carbons (Fsp3) is 0.444. The molecular formula is C36H39ClF3N5O6. The Bertz CT molecular complexity index is 2060. The van der Waals surface area contributed by atoms with E-state index in [1.807, 2.05) is 4.90 Å². The second-order valence-corrected chi connectivity index (χ2v) is 14.9. The lowest BCUT2D eigenvalue weighted by Gasteiger charge is -2.54. The predicted octanol–water partition coefficient (Wildman–Crippen LogP) is 7.09. The largest absolute Gasteiger partial charge is 0.444 e. The number of aromatic nitrogens is 2. The molecular weight excluding hydrogens is 691 g/mol. The summed E-state index contributed by atoms with van der Waals surface area (Å²) in [5.41, 5.74) is -1.30. The normalized spacial score (nSPS) is 18.0. The first-order valence-electron chi connectivity index (χ1n) is 16.5. The molecule has 11 nitrogen and oxygen atoms in total. The minimum atomic E-state index is -4.61. The van der Waals surface area contributed by atoms with Crippen LogP contribution < -0.4 is 15.6 Å². The van der Waals surface area contributed by atoms with Crippen LogP contribution in [0, 0.1) is 6.92 Å². The minimum Gasteiger partial charge on any atom is -0.444 e. The minimum absolute atomic E-state index is 0.0202. The Morgan fingerprint density at radius 2 is 1.67 bits per heavy atom. The van der Waals surface area contributed by atoms with Gasteiger partial charge in [0.1, 0.15) is 17.8 Å². The van der Waals surface area contributed by atoms with Crippen molar-refractivity contribution in [1.82, 2.24) is 14.5 Å². The van der Waals surface area contributed by atoms with Gasteiger partial charge >= 0.3 is 12.3 Å². The number of nitrogens with zero attached hydrogens (tertiary/aromatic N) is 4. The smallest absolute Gasteiger partial charge is 0.416 e. The van der Waals surface area contributed by atoms with E-state index in [1.54, 1.807) is 70.7 Å². The Labute approximate surface area is 296 Å². The first-order chi connectivity index (χ1) is 23.7. The van der Waals surface area contributed by atoms with Crippen LogP contribution in [0.5, 0.6) is 0 Å². The van der Waals surface area contributed by atoms with Crippen molar-refractivity contribution >= 4 is 46.2 Å². The lowest BCUT2D eigenvalue weighted by atomic mass is 9.81. The van der Waals surface area contributed by atoms with E-state index in [4.69, 9.17) is 20.8 Å². The summed E-state index contributed by atoms with van der Waals surface area (Å²) in [6.45, 7) is 10.6. The highest BCUT2D eigenvalue weighted by molar-refractivity contribution is 6.33. The summed E-state index contributed by atoms with van der Waals surface area (Å²) >= 11 is 6.12. The number of halogens is 4. The molecule has 51 heavy (non-hydrogen) atoms. The number of nitrogens with one attached hydrogen (secondary N) is 1. The maximum absolute atomic E-state index is 14.3. The first kappa shape index (κ1) is 36.2. The number of alkyl halides is 3. The summed E-state index contributed by atoms with van der Waals surface area (Å²) in [7, 11) is 0. The first-order valence-corrected chi connectivity index (χ1v) is 16.9. The number of amides is 2. The number of pyridine rings is 1. The number of hydrogen-bond donors (Lipinski definition) is 2. The Kier molecular flexibility index (Phi) is 9.16. The number of aliphatic hydroxyl groups is 1. The topological polar surface area (TPSA) is 130 Å². The molecule has 1 saturated carbocycles. The summed E-state index contributed by atoms with van der Waals surface area (Å²) < 4.78 is 52.9. The molecule has 4 aromatic rings. The van der Waals surface area contributed by atoms with Gasteiger partial charge in [-0.05, 0) is 90.3 Å². The Balaban J connectivity index is 1.39. The number of benzene rings is 2. The monoisotopic (exact) mass is 729 g/mol. The van der Waals surface area contributed by atoms with Gasteiger partial charge in [0, 0.05) is 30.4 Å². The average Bonchev–Trinajstić information content (AvgIpc) is 3.45. The molecule has 2 atom stereocenters. The standard InChI is InChI=1S/C36H39ClF3N5O6/c1-19-28(43-15-16-44(26-14-13-25(26)43)33(48)51-34(2,3)4)29(47)30-31(42-32(50-30)20-7-9-21(10-8-20)35(5,6)49)45(19)18-27(46)41-24-12-11-22(17-23(24)37)36(38,39)40/h7-12,17,25-26,49H,13-16,18H2,1-6H3,(H,41,46). The molecule has 0 bridgehead atoms. The molecule has 2 aromatic heterocycles. The Hall–Kier alpha value is -4.56.